The molecule has 5 aliphatic rings. The van der Waals surface area contributed by atoms with Crippen LogP contribution < -0.4 is 25.2 Å². The van der Waals surface area contributed by atoms with Crippen LogP contribution in [0.4, 0.5) is 30.2 Å². The number of aromatic nitrogens is 3. The molecule has 0 spiro atoms. The number of halogens is 3. The van der Waals surface area contributed by atoms with E-state index in [0.717, 1.165) is 18.5 Å². The van der Waals surface area contributed by atoms with E-state index in [1.165, 1.54) is 18.2 Å². The average Bonchev–Trinajstić information content (AvgIpc) is 3.97. The van der Waals surface area contributed by atoms with Crippen LogP contribution in [0.3, 0.4) is 0 Å². The monoisotopic (exact) mass is 866 g/mol. The summed E-state index contributed by atoms with van der Waals surface area (Å²) >= 11 is 0. The molecule has 4 aromatic rings. The number of guanidine groups is 1. The fourth-order valence-electron chi connectivity index (χ4n) is 9.37. The van der Waals surface area contributed by atoms with Crippen LogP contribution >= 0.6 is 0 Å². The number of nitrogens with one attached hydrogen (secondary N) is 2. The molecule has 15 nitrogen and oxygen atoms in total. The Balaban J connectivity index is 0.855. The summed E-state index contributed by atoms with van der Waals surface area (Å²) < 4.78 is 54.3. The molecule has 4 amide bonds. The van der Waals surface area contributed by atoms with E-state index >= 15 is 13.2 Å². The van der Waals surface area contributed by atoms with Crippen LogP contribution in [0.15, 0.2) is 47.6 Å². The quantitative estimate of drug-likeness (QED) is 0.256. The molecule has 3 atom stereocenters. The lowest BCUT2D eigenvalue weighted by atomic mass is 9.89. The number of pyridine rings is 1. The van der Waals surface area contributed by atoms with E-state index in [1.54, 1.807) is 39.9 Å². The molecular weight excluding hydrogens is 818 g/mol. The molecule has 5 aliphatic heterocycles. The fraction of sp³-hybridized carbons (Fsp3) is 0.444. The van der Waals surface area contributed by atoms with Gasteiger partial charge in [0.15, 0.2) is 0 Å². The van der Waals surface area contributed by atoms with Crippen molar-refractivity contribution in [3.8, 4) is 17.1 Å². The summed E-state index contributed by atoms with van der Waals surface area (Å²) in [6, 6.07) is 9.03. The number of carbonyl (C=O) groups excluding carboxylic acids is 4. The first kappa shape index (κ1) is 42.0. The van der Waals surface area contributed by atoms with Crippen molar-refractivity contribution in [2.75, 3.05) is 67.5 Å². The molecule has 2 bridgehead atoms. The molecule has 9 rings (SSSR count). The van der Waals surface area contributed by atoms with Crippen molar-refractivity contribution >= 4 is 46.7 Å². The SMILES string of the molecule is Cc1cc2cc(n1)-c1cnn(C)c1OCCC[C@@H](C)CN1/C(=N/C2=O)Nc2cc(F)c(CN3CCN(C(=O)[C@@H]4CCN(c5cc(F)c([C@H]6CCC(=O)NC6=O)c(F)c5)C4)CC3)cc21. The first-order valence-corrected chi connectivity index (χ1v) is 21.5. The molecule has 0 unspecified atom stereocenters. The van der Waals surface area contributed by atoms with Crippen molar-refractivity contribution in [3.05, 3.63) is 82.4 Å². The van der Waals surface area contributed by atoms with E-state index in [-0.39, 0.29) is 36.1 Å². The van der Waals surface area contributed by atoms with Gasteiger partial charge in [0, 0.05) is 93.9 Å². The maximum atomic E-state index is 15.9. The minimum absolute atomic E-state index is 0.00420. The Morgan fingerprint density at radius 2 is 1.68 bits per heavy atom. The predicted octanol–water partition coefficient (Wildman–Crippen LogP) is 5.14. The minimum Gasteiger partial charge on any atom is -0.477 e. The molecule has 2 aromatic carbocycles. The largest absolute Gasteiger partial charge is 0.477 e. The van der Waals surface area contributed by atoms with Crippen LogP contribution in [0.1, 0.15) is 72.1 Å². The van der Waals surface area contributed by atoms with Crippen molar-refractivity contribution in [2.45, 2.75) is 58.4 Å². The van der Waals surface area contributed by atoms with Crippen LogP contribution in [-0.2, 0) is 28.0 Å². The van der Waals surface area contributed by atoms with Gasteiger partial charge in [-0.3, -0.25) is 34.4 Å². The van der Waals surface area contributed by atoms with Gasteiger partial charge in [-0.05, 0) is 74.9 Å². The molecule has 0 radical (unpaired) electrons. The number of imide groups is 1. The average molecular weight is 867 g/mol. The van der Waals surface area contributed by atoms with Gasteiger partial charge in [-0.2, -0.15) is 10.1 Å². The second-order valence-corrected chi connectivity index (χ2v) is 17.3. The molecule has 3 fully saturated rings. The van der Waals surface area contributed by atoms with Gasteiger partial charge in [0.25, 0.3) is 5.91 Å². The Hall–Kier alpha value is -6.30. The number of fused-ring (bicyclic) bond motifs is 7. The maximum absolute atomic E-state index is 15.9. The van der Waals surface area contributed by atoms with Gasteiger partial charge in [-0.25, -0.2) is 17.9 Å². The molecular formula is C45H49F3N10O5. The van der Waals surface area contributed by atoms with Gasteiger partial charge in [0.05, 0.1) is 47.3 Å². The Morgan fingerprint density at radius 3 is 2.44 bits per heavy atom. The lowest BCUT2D eigenvalue weighted by Crippen LogP contribution is -2.50. The summed E-state index contributed by atoms with van der Waals surface area (Å²) in [6.07, 6.45) is 3.81. The minimum atomic E-state index is -1.09. The zero-order chi connectivity index (χ0) is 44.1. The first-order valence-electron chi connectivity index (χ1n) is 21.5. The maximum Gasteiger partial charge on any atom is 0.280 e. The zero-order valence-electron chi connectivity index (χ0n) is 35.4. The summed E-state index contributed by atoms with van der Waals surface area (Å²) in [5, 5.41) is 9.74. The second-order valence-electron chi connectivity index (χ2n) is 17.3. The number of aryl methyl sites for hydroxylation is 2. The van der Waals surface area contributed by atoms with E-state index in [9.17, 15) is 19.2 Å². The number of anilines is 3. The number of nitrogens with zero attached hydrogens (tertiary/aromatic N) is 8. The molecule has 2 N–H and O–H groups in total. The summed E-state index contributed by atoms with van der Waals surface area (Å²) in [5.41, 5.74) is 3.88. The van der Waals surface area contributed by atoms with E-state index in [2.05, 4.69) is 37.5 Å². The normalized spacial score (nSPS) is 22.8. The van der Waals surface area contributed by atoms with E-state index in [0.29, 0.717) is 117 Å². The van der Waals surface area contributed by atoms with Gasteiger partial charge in [0.1, 0.15) is 17.5 Å². The van der Waals surface area contributed by atoms with Crippen molar-refractivity contribution in [2.24, 2.45) is 23.9 Å². The van der Waals surface area contributed by atoms with Crippen molar-refractivity contribution in [3.63, 3.8) is 0 Å². The third-order valence-electron chi connectivity index (χ3n) is 12.7. The van der Waals surface area contributed by atoms with Gasteiger partial charge in [0.2, 0.25) is 29.6 Å². The summed E-state index contributed by atoms with van der Waals surface area (Å²) in [6.45, 7) is 7.87. The smallest absolute Gasteiger partial charge is 0.280 e. The Bertz CT molecular complexity index is 2510. The highest BCUT2D eigenvalue weighted by molar-refractivity contribution is 6.19. The molecule has 3 saturated heterocycles. The highest BCUT2D eigenvalue weighted by Gasteiger charge is 2.37. The van der Waals surface area contributed by atoms with E-state index in [4.69, 9.17) is 4.74 Å². The molecule has 2 aromatic heterocycles. The third kappa shape index (κ3) is 8.47. The Kier molecular flexibility index (Phi) is 11.4. The van der Waals surface area contributed by atoms with Crippen molar-refractivity contribution < 1.29 is 37.1 Å². The third-order valence-corrected chi connectivity index (χ3v) is 12.7. The number of piperazine rings is 1. The highest BCUT2D eigenvalue weighted by Crippen LogP contribution is 2.38. The number of piperidine rings is 1. The standard InChI is InChI=1S/C45H49F3N10O5/c1-25-5-4-14-63-44-32(21-49-54(44)3)36-16-28(15-26(2)50-36)41(60)53-45-51-37-20-33(46)29(17-38(37)58(45)22-25)23-55-10-12-56(13-11-55)43(62)27-8-9-57(24-27)30-18-34(47)40(35(48)19-30)31-6-7-39(59)52-42(31)61/h15-21,25,27,31H,4-14,22-24H2,1-3H3,(H,51,53,60)(H,52,59,61)/t25-,27-,31-/m1/s1. The van der Waals surface area contributed by atoms with Crippen LogP contribution in [0, 0.1) is 36.2 Å². The summed E-state index contributed by atoms with van der Waals surface area (Å²) in [7, 11) is 1.80. The summed E-state index contributed by atoms with van der Waals surface area (Å²) in [5.74, 6) is -4.21. The number of ether oxygens (including phenoxy) is 1. The van der Waals surface area contributed by atoms with Crippen molar-refractivity contribution in [1.29, 1.82) is 0 Å². The van der Waals surface area contributed by atoms with Gasteiger partial charge < -0.3 is 24.8 Å². The molecule has 330 valence electrons. The van der Waals surface area contributed by atoms with Crippen LogP contribution in [0.2, 0.25) is 0 Å². The van der Waals surface area contributed by atoms with Crippen LogP contribution in [-0.4, -0.2) is 107 Å². The van der Waals surface area contributed by atoms with Crippen LogP contribution in [0.25, 0.3) is 11.3 Å². The second kappa shape index (κ2) is 17.1. The zero-order valence-corrected chi connectivity index (χ0v) is 35.4. The molecule has 0 aliphatic carbocycles. The van der Waals surface area contributed by atoms with Crippen LogP contribution in [0.5, 0.6) is 5.88 Å². The predicted molar refractivity (Wildman–Crippen MR) is 228 cm³/mol. The van der Waals surface area contributed by atoms with E-state index in [1.807, 2.05) is 17.9 Å². The molecule has 0 saturated carbocycles. The highest BCUT2D eigenvalue weighted by atomic mass is 19.1. The van der Waals surface area contributed by atoms with Crippen molar-refractivity contribution in [1.82, 2.24) is 29.9 Å². The first-order chi connectivity index (χ1) is 30.3. The van der Waals surface area contributed by atoms with Gasteiger partial charge in [-0.15, -0.1) is 0 Å². The lowest BCUT2D eigenvalue weighted by molar-refractivity contribution is -0.137. The number of rotatable bonds is 5. The number of hydrogen-bond acceptors (Lipinski definition) is 11. The van der Waals surface area contributed by atoms with Gasteiger partial charge >= 0.3 is 0 Å². The number of hydrogen-bond donors (Lipinski definition) is 2. The van der Waals surface area contributed by atoms with Gasteiger partial charge in [-0.1, -0.05) is 6.92 Å². The number of amides is 4. The fourth-order valence-corrected chi connectivity index (χ4v) is 9.37. The lowest BCUT2D eigenvalue weighted by Gasteiger charge is -2.36. The van der Waals surface area contributed by atoms with E-state index < -0.39 is 41.1 Å². The Morgan fingerprint density at radius 1 is 0.905 bits per heavy atom. The Labute approximate surface area is 362 Å². The number of carbonyl (C=O) groups is 4. The molecule has 7 heterocycles. The number of aliphatic imine (C=N–C) groups is 1. The topological polar surface area (TPSA) is 158 Å². The molecule has 18 heteroatoms. The molecule has 63 heavy (non-hydrogen) atoms. The number of benzene rings is 2. The summed E-state index contributed by atoms with van der Waals surface area (Å²) in [4.78, 5) is 68.3.